The number of benzene rings is 1. The third kappa shape index (κ3) is 1.99. The van der Waals surface area contributed by atoms with Crippen molar-refractivity contribution in [1.29, 1.82) is 0 Å². The van der Waals surface area contributed by atoms with Gasteiger partial charge >= 0.3 is 6.09 Å². The van der Waals surface area contributed by atoms with E-state index >= 15 is 0 Å². The maximum Gasteiger partial charge on any atom is 0.415 e. The van der Waals surface area contributed by atoms with E-state index in [0.29, 0.717) is 17.3 Å². The van der Waals surface area contributed by atoms with Crippen LogP contribution in [0.5, 0.6) is 0 Å². The zero-order valence-corrected chi connectivity index (χ0v) is 9.57. The molecule has 1 saturated heterocycles. The second kappa shape index (κ2) is 3.96. The lowest BCUT2D eigenvalue weighted by Crippen LogP contribution is -2.34. The summed E-state index contributed by atoms with van der Waals surface area (Å²) in [6.07, 6.45) is -0.459. The summed E-state index contributed by atoms with van der Waals surface area (Å²) < 4.78 is 5.10. The van der Waals surface area contributed by atoms with E-state index < -0.39 is 11.7 Å². The molecule has 0 aromatic heterocycles. The van der Waals surface area contributed by atoms with Crippen LogP contribution in [0.4, 0.5) is 10.5 Å². The van der Waals surface area contributed by atoms with Crippen LogP contribution >= 0.6 is 11.6 Å². The highest BCUT2D eigenvalue weighted by molar-refractivity contribution is 6.30. The molecule has 0 radical (unpaired) electrons. The molecule has 0 saturated carbocycles. The number of carbonyl (C=O) groups excluding carboxylic acids is 1. The molecule has 0 bridgehead atoms. The SMILES string of the molecule is CC1(CO)CN(c2cccc(Cl)c2)C(=O)O1. The fourth-order valence-electron chi connectivity index (χ4n) is 1.62. The number of hydrogen-bond donors (Lipinski definition) is 1. The van der Waals surface area contributed by atoms with Gasteiger partial charge in [0.2, 0.25) is 0 Å². The van der Waals surface area contributed by atoms with Crippen LogP contribution < -0.4 is 4.90 Å². The van der Waals surface area contributed by atoms with Crippen LogP contribution in [0.25, 0.3) is 0 Å². The largest absolute Gasteiger partial charge is 0.438 e. The highest BCUT2D eigenvalue weighted by atomic mass is 35.5. The molecule has 2 rings (SSSR count). The van der Waals surface area contributed by atoms with Crippen molar-refractivity contribution in [3.8, 4) is 0 Å². The molecule has 0 aliphatic carbocycles. The van der Waals surface area contributed by atoms with E-state index in [-0.39, 0.29) is 6.61 Å². The molecule has 1 N–H and O–H groups in total. The smallest absolute Gasteiger partial charge is 0.415 e. The fraction of sp³-hybridized carbons (Fsp3) is 0.364. The van der Waals surface area contributed by atoms with Gasteiger partial charge in [-0.2, -0.15) is 0 Å². The van der Waals surface area contributed by atoms with Gasteiger partial charge in [0.1, 0.15) is 0 Å². The van der Waals surface area contributed by atoms with E-state index in [1.54, 1.807) is 31.2 Å². The van der Waals surface area contributed by atoms with Crippen LogP contribution in [0.2, 0.25) is 5.02 Å². The van der Waals surface area contributed by atoms with Crippen LogP contribution in [-0.4, -0.2) is 30.0 Å². The molecule has 1 aliphatic heterocycles. The number of aliphatic hydroxyl groups excluding tert-OH is 1. The van der Waals surface area contributed by atoms with Gasteiger partial charge in [0.25, 0.3) is 0 Å². The standard InChI is InChI=1S/C11H12ClNO3/c1-11(7-14)6-13(10(15)16-11)9-4-2-3-8(12)5-9/h2-5,14H,6-7H2,1H3. The van der Waals surface area contributed by atoms with Gasteiger partial charge in [-0.3, -0.25) is 4.90 Å². The number of aliphatic hydroxyl groups is 1. The second-order valence-corrected chi connectivity index (χ2v) is 4.48. The van der Waals surface area contributed by atoms with Crippen molar-refractivity contribution in [2.24, 2.45) is 0 Å². The minimum absolute atomic E-state index is 0.199. The van der Waals surface area contributed by atoms with Gasteiger partial charge in [-0.1, -0.05) is 17.7 Å². The monoisotopic (exact) mass is 241 g/mol. The first kappa shape index (κ1) is 11.2. The lowest BCUT2D eigenvalue weighted by Gasteiger charge is -2.18. The number of rotatable bonds is 2. The lowest BCUT2D eigenvalue weighted by molar-refractivity contribution is 0.0219. The van der Waals surface area contributed by atoms with E-state index in [9.17, 15) is 4.79 Å². The van der Waals surface area contributed by atoms with Crippen molar-refractivity contribution >= 4 is 23.4 Å². The highest BCUT2D eigenvalue weighted by Gasteiger charge is 2.41. The zero-order valence-electron chi connectivity index (χ0n) is 8.81. The first-order chi connectivity index (χ1) is 7.54. The van der Waals surface area contributed by atoms with Gasteiger partial charge in [0.15, 0.2) is 5.60 Å². The molecule has 86 valence electrons. The molecule has 16 heavy (non-hydrogen) atoms. The summed E-state index contributed by atoms with van der Waals surface area (Å²) in [4.78, 5) is 13.1. The second-order valence-electron chi connectivity index (χ2n) is 4.04. The Kier molecular flexibility index (Phi) is 2.78. The summed E-state index contributed by atoms with van der Waals surface area (Å²) in [5, 5.41) is 9.69. The number of halogens is 1. The minimum Gasteiger partial charge on any atom is -0.438 e. The Morgan fingerprint density at radius 2 is 2.38 bits per heavy atom. The van der Waals surface area contributed by atoms with Gasteiger partial charge in [0, 0.05) is 10.7 Å². The Hall–Kier alpha value is -1.26. The highest BCUT2D eigenvalue weighted by Crippen LogP contribution is 2.28. The first-order valence-corrected chi connectivity index (χ1v) is 5.29. The molecule has 1 heterocycles. The Morgan fingerprint density at radius 3 is 2.94 bits per heavy atom. The molecule has 1 amide bonds. The number of hydrogen-bond acceptors (Lipinski definition) is 3. The van der Waals surface area contributed by atoms with Gasteiger partial charge < -0.3 is 9.84 Å². The van der Waals surface area contributed by atoms with E-state index in [1.165, 1.54) is 4.90 Å². The maximum atomic E-state index is 11.6. The molecule has 1 aromatic rings. The lowest BCUT2D eigenvalue weighted by atomic mass is 10.1. The summed E-state index contributed by atoms with van der Waals surface area (Å²) in [5.74, 6) is 0. The molecular weight excluding hydrogens is 230 g/mol. The first-order valence-electron chi connectivity index (χ1n) is 4.91. The zero-order chi connectivity index (χ0) is 11.8. The quantitative estimate of drug-likeness (QED) is 0.862. The average molecular weight is 242 g/mol. The van der Waals surface area contributed by atoms with E-state index in [0.717, 1.165) is 0 Å². The normalized spacial score (nSPS) is 24.7. The molecule has 4 nitrogen and oxygen atoms in total. The predicted octanol–water partition coefficient (Wildman–Crippen LogP) is 2.05. The van der Waals surface area contributed by atoms with Crippen molar-refractivity contribution in [1.82, 2.24) is 0 Å². The third-order valence-corrected chi connectivity index (χ3v) is 2.74. The number of ether oxygens (including phenoxy) is 1. The van der Waals surface area contributed by atoms with Crippen LogP contribution in [0.3, 0.4) is 0 Å². The molecule has 5 heteroatoms. The van der Waals surface area contributed by atoms with E-state index in [1.807, 2.05) is 0 Å². The third-order valence-electron chi connectivity index (χ3n) is 2.50. The van der Waals surface area contributed by atoms with Crippen molar-refractivity contribution in [2.45, 2.75) is 12.5 Å². The Morgan fingerprint density at radius 1 is 1.62 bits per heavy atom. The molecule has 1 unspecified atom stereocenters. The van der Waals surface area contributed by atoms with Crippen molar-refractivity contribution in [3.05, 3.63) is 29.3 Å². The molecule has 0 spiro atoms. The molecule has 1 fully saturated rings. The predicted molar refractivity (Wildman–Crippen MR) is 60.8 cm³/mol. The van der Waals surface area contributed by atoms with Crippen LogP contribution in [-0.2, 0) is 4.74 Å². The van der Waals surface area contributed by atoms with Crippen LogP contribution in [0, 0.1) is 0 Å². The maximum absolute atomic E-state index is 11.6. The van der Waals surface area contributed by atoms with E-state index in [2.05, 4.69) is 0 Å². The number of anilines is 1. The Balaban J connectivity index is 2.27. The van der Waals surface area contributed by atoms with Crippen LogP contribution in [0.1, 0.15) is 6.92 Å². The minimum atomic E-state index is -0.834. The summed E-state index contributed by atoms with van der Waals surface area (Å²) >= 11 is 5.85. The molecule has 1 aliphatic rings. The number of cyclic esters (lactones) is 1. The number of carbonyl (C=O) groups is 1. The summed E-state index contributed by atoms with van der Waals surface area (Å²) in [6, 6.07) is 6.96. The summed E-state index contributed by atoms with van der Waals surface area (Å²) in [6.45, 7) is 1.81. The average Bonchev–Trinajstić information content (AvgIpc) is 2.55. The van der Waals surface area contributed by atoms with Crippen LogP contribution in [0.15, 0.2) is 24.3 Å². The van der Waals surface area contributed by atoms with Crippen molar-refractivity contribution in [2.75, 3.05) is 18.1 Å². The van der Waals surface area contributed by atoms with E-state index in [4.69, 9.17) is 21.4 Å². The van der Waals surface area contributed by atoms with Gasteiger partial charge in [-0.15, -0.1) is 0 Å². The van der Waals surface area contributed by atoms with Gasteiger partial charge in [-0.05, 0) is 25.1 Å². The molecule has 1 aromatic carbocycles. The summed E-state index contributed by atoms with van der Waals surface area (Å²) in [5.41, 5.74) is -0.158. The summed E-state index contributed by atoms with van der Waals surface area (Å²) in [7, 11) is 0. The molecular formula is C11H12ClNO3. The number of amides is 1. The van der Waals surface area contributed by atoms with Gasteiger partial charge in [0.05, 0.1) is 13.2 Å². The topological polar surface area (TPSA) is 49.8 Å². The Labute approximate surface area is 98.4 Å². The fourth-order valence-corrected chi connectivity index (χ4v) is 1.80. The molecule has 1 atom stereocenters. The number of nitrogens with zero attached hydrogens (tertiary/aromatic N) is 1. The Bertz CT molecular complexity index is 423. The van der Waals surface area contributed by atoms with Crippen molar-refractivity contribution in [3.63, 3.8) is 0 Å². The van der Waals surface area contributed by atoms with Gasteiger partial charge in [-0.25, -0.2) is 4.79 Å². The van der Waals surface area contributed by atoms with Crippen molar-refractivity contribution < 1.29 is 14.6 Å².